The Labute approximate surface area is 69.8 Å². The van der Waals surface area contributed by atoms with Gasteiger partial charge in [0.15, 0.2) is 0 Å². The second-order valence-electron chi connectivity index (χ2n) is 2.12. The fraction of sp³-hybridized carbons (Fsp3) is 0.143. The smallest absolute Gasteiger partial charge is 0.121 e. The molecule has 0 saturated heterocycles. The number of hydrogen-bond donors (Lipinski definition) is 3. The van der Waals surface area contributed by atoms with E-state index in [0.717, 1.165) is 0 Å². The maximum atomic E-state index is 9.24. The van der Waals surface area contributed by atoms with E-state index in [1.165, 1.54) is 0 Å². The summed E-state index contributed by atoms with van der Waals surface area (Å²) >= 11 is 5.75. The van der Waals surface area contributed by atoms with Crippen LogP contribution < -0.4 is 11.3 Å². The molecule has 0 aliphatic rings. The van der Waals surface area contributed by atoms with Crippen LogP contribution in [0.1, 0.15) is 5.56 Å². The third-order valence-corrected chi connectivity index (χ3v) is 1.73. The van der Waals surface area contributed by atoms with Gasteiger partial charge in [-0.1, -0.05) is 17.7 Å². The molecular formula is C7H9ClN2O. The highest BCUT2D eigenvalue weighted by atomic mass is 35.5. The average molecular weight is 173 g/mol. The molecule has 0 aliphatic carbocycles. The first kappa shape index (κ1) is 8.33. The van der Waals surface area contributed by atoms with Crippen LogP contribution in [0.25, 0.3) is 0 Å². The molecule has 4 heteroatoms. The number of benzene rings is 1. The topological polar surface area (TPSA) is 58.3 Å². The van der Waals surface area contributed by atoms with Crippen molar-refractivity contribution in [2.45, 2.75) is 6.54 Å². The van der Waals surface area contributed by atoms with E-state index < -0.39 is 0 Å². The Hall–Kier alpha value is -0.770. The van der Waals surface area contributed by atoms with Crippen LogP contribution in [-0.4, -0.2) is 5.11 Å². The zero-order valence-electron chi connectivity index (χ0n) is 5.84. The molecule has 0 saturated carbocycles. The molecule has 60 valence electrons. The lowest BCUT2D eigenvalue weighted by Crippen LogP contribution is -2.21. The van der Waals surface area contributed by atoms with Crippen molar-refractivity contribution in [2.75, 3.05) is 0 Å². The van der Waals surface area contributed by atoms with Crippen LogP contribution in [0.5, 0.6) is 5.75 Å². The summed E-state index contributed by atoms with van der Waals surface area (Å²) in [5.74, 6) is 5.24. The van der Waals surface area contributed by atoms with E-state index in [1.807, 2.05) is 0 Å². The number of halogens is 1. The molecule has 0 aromatic heterocycles. The van der Waals surface area contributed by atoms with Crippen LogP contribution in [0.4, 0.5) is 0 Å². The Bertz CT molecular complexity index is 232. The molecule has 0 spiro atoms. The maximum Gasteiger partial charge on any atom is 0.121 e. The summed E-state index contributed by atoms with van der Waals surface area (Å²) in [6.45, 7) is 0.367. The summed E-state index contributed by atoms with van der Waals surface area (Å²) in [5.41, 5.74) is 3.04. The molecular weight excluding hydrogens is 164 g/mol. The van der Waals surface area contributed by atoms with E-state index in [4.69, 9.17) is 17.4 Å². The summed E-state index contributed by atoms with van der Waals surface area (Å²) in [4.78, 5) is 0. The molecule has 0 unspecified atom stereocenters. The Balaban J connectivity index is 3.00. The van der Waals surface area contributed by atoms with Crippen molar-refractivity contribution in [2.24, 2.45) is 5.84 Å². The van der Waals surface area contributed by atoms with Crippen molar-refractivity contribution in [1.82, 2.24) is 5.43 Å². The molecule has 0 heterocycles. The molecule has 1 aromatic carbocycles. The van der Waals surface area contributed by atoms with E-state index in [9.17, 15) is 5.11 Å². The molecule has 4 N–H and O–H groups in total. The van der Waals surface area contributed by atoms with E-state index in [2.05, 4.69) is 5.43 Å². The van der Waals surface area contributed by atoms with Gasteiger partial charge in [-0.05, 0) is 12.1 Å². The second-order valence-corrected chi connectivity index (χ2v) is 2.53. The van der Waals surface area contributed by atoms with Gasteiger partial charge in [-0.3, -0.25) is 11.3 Å². The highest BCUT2D eigenvalue weighted by molar-refractivity contribution is 6.31. The molecule has 0 amide bonds. The van der Waals surface area contributed by atoms with Gasteiger partial charge in [-0.2, -0.15) is 0 Å². The molecule has 3 nitrogen and oxygen atoms in total. The quantitative estimate of drug-likeness (QED) is 0.461. The average Bonchev–Trinajstić information content (AvgIpc) is 1.97. The van der Waals surface area contributed by atoms with Crippen LogP contribution in [0.2, 0.25) is 5.02 Å². The maximum absolute atomic E-state index is 9.24. The number of hydrogen-bond acceptors (Lipinski definition) is 3. The largest absolute Gasteiger partial charge is 0.508 e. The van der Waals surface area contributed by atoms with Crippen molar-refractivity contribution in [1.29, 1.82) is 0 Å². The van der Waals surface area contributed by atoms with Gasteiger partial charge in [0, 0.05) is 17.1 Å². The first-order valence-corrected chi connectivity index (χ1v) is 3.53. The zero-order chi connectivity index (χ0) is 8.27. The van der Waals surface area contributed by atoms with Crippen LogP contribution in [-0.2, 0) is 6.54 Å². The Morgan fingerprint density at radius 3 is 2.82 bits per heavy atom. The molecule has 0 aliphatic heterocycles. The first-order chi connectivity index (χ1) is 5.25. The number of phenolic OH excluding ortho intramolecular Hbond substituents is 1. The van der Waals surface area contributed by atoms with Gasteiger partial charge in [0.05, 0.1) is 0 Å². The number of aromatic hydroxyl groups is 1. The molecule has 1 rings (SSSR count). The SMILES string of the molecule is NNCc1c(O)cccc1Cl. The van der Waals surface area contributed by atoms with Gasteiger partial charge < -0.3 is 5.11 Å². The van der Waals surface area contributed by atoms with E-state index >= 15 is 0 Å². The summed E-state index contributed by atoms with van der Waals surface area (Å²) in [5, 5.41) is 9.76. The number of hydrazine groups is 1. The van der Waals surface area contributed by atoms with Gasteiger partial charge in [0.25, 0.3) is 0 Å². The van der Waals surface area contributed by atoms with Gasteiger partial charge in [-0.25, -0.2) is 0 Å². The molecule has 0 atom stereocenters. The molecule has 11 heavy (non-hydrogen) atoms. The van der Waals surface area contributed by atoms with E-state index in [-0.39, 0.29) is 5.75 Å². The Morgan fingerprint density at radius 1 is 1.55 bits per heavy atom. The Kier molecular flexibility index (Phi) is 2.70. The highest BCUT2D eigenvalue weighted by Gasteiger charge is 2.03. The second kappa shape index (κ2) is 3.57. The lowest BCUT2D eigenvalue weighted by Gasteiger charge is -2.04. The number of phenols is 1. The van der Waals surface area contributed by atoms with Crippen molar-refractivity contribution in [3.63, 3.8) is 0 Å². The number of rotatable bonds is 2. The zero-order valence-corrected chi connectivity index (χ0v) is 6.60. The van der Waals surface area contributed by atoms with Crippen molar-refractivity contribution >= 4 is 11.6 Å². The summed E-state index contributed by atoms with van der Waals surface area (Å²) in [6, 6.07) is 4.95. The van der Waals surface area contributed by atoms with Crippen molar-refractivity contribution in [3.8, 4) is 5.75 Å². The summed E-state index contributed by atoms with van der Waals surface area (Å²) in [6.07, 6.45) is 0. The van der Waals surface area contributed by atoms with Crippen molar-refractivity contribution in [3.05, 3.63) is 28.8 Å². The van der Waals surface area contributed by atoms with Crippen molar-refractivity contribution < 1.29 is 5.11 Å². The summed E-state index contributed by atoms with van der Waals surface area (Å²) < 4.78 is 0. The third-order valence-electron chi connectivity index (χ3n) is 1.37. The molecule has 0 bridgehead atoms. The predicted octanol–water partition coefficient (Wildman–Crippen LogP) is 1.01. The van der Waals surface area contributed by atoms with Crippen LogP contribution >= 0.6 is 11.6 Å². The standard InChI is InChI=1S/C7H9ClN2O/c8-6-2-1-3-7(11)5(6)4-10-9/h1-3,10-11H,4,9H2. The van der Waals surface area contributed by atoms with E-state index in [0.29, 0.717) is 17.1 Å². The molecule has 0 fully saturated rings. The van der Waals surface area contributed by atoms with Crippen LogP contribution in [0, 0.1) is 0 Å². The van der Waals surface area contributed by atoms with Gasteiger partial charge in [0.1, 0.15) is 5.75 Å². The predicted molar refractivity (Wildman–Crippen MR) is 44.1 cm³/mol. The number of nitrogens with one attached hydrogen (secondary N) is 1. The Morgan fingerprint density at radius 2 is 2.27 bits per heavy atom. The third kappa shape index (κ3) is 1.83. The van der Waals surface area contributed by atoms with E-state index in [1.54, 1.807) is 18.2 Å². The number of nitrogens with two attached hydrogens (primary N) is 1. The van der Waals surface area contributed by atoms with Gasteiger partial charge >= 0.3 is 0 Å². The minimum absolute atomic E-state index is 0.162. The monoisotopic (exact) mass is 172 g/mol. The molecule has 0 radical (unpaired) electrons. The fourth-order valence-corrected chi connectivity index (χ4v) is 1.06. The molecule has 1 aromatic rings. The first-order valence-electron chi connectivity index (χ1n) is 3.15. The van der Waals surface area contributed by atoms with Gasteiger partial charge in [0.2, 0.25) is 0 Å². The minimum Gasteiger partial charge on any atom is -0.508 e. The fourth-order valence-electron chi connectivity index (χ4n) is 0.824. The van der Waals surface area contributed by atoms with Crippen LogP contribution in [0.15, 0.2) is 18.2 Å². The lowest BCUT2D eigenvalue weighted by molar-refractivity contribution is 0.465. The summed E-state index contributed by atoms with van der Waals surface area (Å²) in [7, 11) is 0. The van der Waals surface area contributed by atoms with Crippen LogP contribution in [0.3, 0.4) is 0 Å². The van der Waals surface area contributed by atoms with Gasteiger partial charge in [-0.15, -0.1) is 0 Å². The normalized spacial score (nSPS) is 10.0. The minimum atomic E-state index is 0.162. The highest BCUT2D eigenvalue weighted by Crippen LogP contribution is 2.24. The lowest BCUT2D eigenvalue weighted by atomic mass is 10.2.